The number of hydrogen-bond donors (Lipinski definition) is 0. The molecule has 0 amide bonds. The molecular weight excluding hydrogens is 276 g/mol. The van der Waals surface area contributed by atoms with Gasteiger partial charge in [-0.15, -0.1) is 11.6 Å². The first-order valence-corrected chi connectivity index (χ1v) is 7.42. The van der Waals surface area contributed by atoms with Crippen molar-refractivity contribution in [1.82, 2.24) is 0 Å². The van der Waals surface area contributed by atoms with Crippen LogP contribution in [0, 0.1) is 0 Å². The zero-order valence-electron chi connectivity index (χ0n) is 12.0. The summed E-state index contributed by atoms with van der Waals surface area (Å²) in [5.41, 5.74) is -0.580. The van der Waals surface area contributed by atoms with E-state index >= 15 is 0 Å². The van der Waals surface area contributed by atoms with E-state index in [4.69, 9.17) is 16.3 Å². The van der Waals surface area contributed by atoms with E-state index < -0.39 is 11.4 Å². The van der Waals surface area contributed by atoms with Crippen molar-refractivity contribution in [1.29, 1.82) is 0 Å². The summed E-state index contributed by atoms with van der Waals surface area (Å²) in [6, 6.07) is 9.05. The van der Waals surface area contributed by atoms with E-state index in [9.17, 15) is 9.59 Å². The number of halogens is 1. The second-order valence-electron chi connectivity index (χ2n) is 4.84. The van der Waals surface area contributed by atoms with Crippen molar-refractivity contribution >= 4 is 23.4 Å². The fourth-order valence-electron chi connectivity index (χ4n) is 1.98. The Labute approximate surface area is 125 Å². The van der Waals surface area contributed by atoms with E-state index in [2.05, 4.69) is 0 Å². The normalized spacial score (nSPS) is 13.6. The fourth-order valence-corrected chi connectivity index (χ4v) is 2.11. The average molecular weight is 297 g/mol. The van der Waals surface area contributed by atoms with Crippen LogP contribution in [0.1, 0.15) is 38.7 Å². The summed E-state index contributed by atoms with van der Waals surface area (Å²) in [6.07, 6.45) is 1.56. The number of alkyl halides is 1. The van der Waals surface area contributed by atoms with Crippen molar-refractivity contribution in [3.8, 4) is 0 Å². The van der Waals surface area contributed by atoms with E-state index in [1.807, 2.05) is 25.1 Å². The minimum absolute atomic E-state index is 0.148. The fraction of sp³-hybridized carbons (Fsp3) is 0.500. The molecule has 20 heavy (non-hydrogen) atoms. The Kier molecular flexibility index (Phi) is 6.73. The number of benzene rings is 1. The standard InChI is InChI=1S/C16H21ClO3/c1-3-12-20-15(19)16(2,14(18)10-7-11-17)13-8-5-4-6-9-13/h4-6,8-9H,3,7,10-12H2,1-2H3. The third kappa shape index (κ3) is 3.83. The third-order valence-corrected chi connectivity index (χ3v) is 3.56. The van der Waals surface area contributed by atoms with Crippen molar-refractivity contribution in [3.05, 3.63) is 35.9 Å². The van der Waals surface area contributed by atoms with Crippen LogP contribution in [0.5, 0.6) is 0 Å². The van der Waals surface area contributed by atoms with Crippen LogP contribution in [0.15, 0.2) is 30.3 Å². The molecule has 4 heteroatoms. The summed E-state index contributed by atoms with van der Waals surface area (Å²) in [6.45, 7) is 3.88. The maximum atomic E-state index is 12.5. The molecule has 1 aromatic rings. The van der Waals surface area contributed by atoms with Gasteiger partial charge in [-0.3, -0.25) is 9.59 Å². The second-order valence-corrected chi connectivity index (χ2v) is 5.22. The molecule has 0 aliphatic carbocycles. The molecule has 0 aliphatic rings. The number of carbonyl (C=O) groups excluding carboxylic acids is 2. The molecule has 0 fully saturated rings. The molecule has 0 heterocycles. The summed E-state index contributed by atoms with van der Waals surface area (Å²) in [7, 11) is 0. The molecule has 0 saturated heterocycles. The lowest BCUT2D eigenvalue weighted by Crippen LogP contribution is -2.42. The molecule has 0 N–H and O–H groups in total. The predicted molar refractivity (Wildman–Crippen MR) is 80.0 cm³/mol. The number of carbonyl (C=O) groups is 2. The maximum Gasteiger partial charge on any atom is 0.323 e. The smallest absolute Gasteiger partial charge is 0.323 e. The van der Waals surface area contributed by atoms with Gasteiger partial charge in [0.1, 0.15) is 5.41 Å². The number of ketones is 1. The molecule has 0 aromatic heterocycles. The monoisotopic (exact) mass is 296 g/mol. The van der Waals surface area contributed by atoms with E-state index in [1.165, 1.54) is 0 Å². The summed E-state index contributed by atoms with van der Waals surface area (Å²) in [5, 5.41) is 0. The number of rotatable bonds is 8. The van der Waals surface area contributed by atoms with Crippen LogP contribution in [-0.4, -0.2) is 24.2 Å². The van der Waals surface area contributed by atoms with Crippen LogP contribution in [0.25, 0.3) is 0 Å². The lowest BCUT2D eigenvalue weighted by Gasteiger charge is -2.26. The summed E-state index contributed by atoms with van der Waals surface area (Å²) in [5.74, 6) is -0.226. The maximum absolute atomic E-state index is 12.5. The van der Waals surface area contributed by atoms with Crippen molar-refractivity contribution in [2.45, 2.75) is 38.5 Å². The Bertz CT molecular complexity index is 422. The second kappa shape index (κ2) is 8.05. The summed E-state index contributed by atoms with van der Waals surface area (Å²) >= 11 is 5.64. The SMILES string of the molecule is CCCOC(=O)C(C)(C(=O)CCCCl)c1ccccc1. The van der Waals surface area contributed by atoms with Crippen LogP contribution in [0.4, 0.5) is 0 Å². The topological polar surface area (TPSA) is 43.4 Å². The zero-order valence-corrected chi connectivity index (χ0v) is 12.8. The highest BCUT2D eigenvalue weighted by Crippen LogP contribution is 2.28. The van der Waals surface area contributed by atoms with Crippen molar-refractivity contribution < 1.29 is 14.3 Å². The molecule has 0 aliphatic heterocycles. The molecule has 3 nitrogen and oxygen atoms in total. The Morgan fingerprint density at radius 1 is 1.25 bits per heavy atom. The minimum Gasteiger partial charge on any atom is -0.465 e. The van der Waals surface area contributed by atoms with Crippen LogP contribution in [0.2, 0.25) is 0 Å². The number of hydrogen-bond acceptors (Lipinski definition) is 3. The van der Waals surface area contributed by atoms with Crippen molar-refractivity contribution in [3.63, 3.8) is 0 Å². The number of Topliss-reactive ketones (excluding diaryl/α,β-unsaturated/α-hetero) is 1. The first kappa shape index (κ1) is 16.7. The van der Waals surface area contributed by atoms with Crippen molar-refractivity contribution in [2.75, 3.05) is 12.5 Å². The van der Waals surface area contributed by atoms with Gasteiger partial charge in [0, 0.05) is 12.3 Å². The Balaban J connectivity index is 3.05. The number of esters is 1. The zero-order chi connectivity index (χ0) is 15.0. The van der Waals surface area contributed by atoms with Gasteiger partial charge < -0.3 is 4.74 Å². The summed E-state index contributed by atoms with van der Waals surface area (Å²) in [4.78, 5) is 24.8. The van der Waals surface area contributed by atoms with E-state index in [0.29, 0.717) is 24.5 Å². The highest BCUT2D eigenvalue weighted by atomic mass is 35.5. The average Bonchev–Trinajstić information content (AvgIpc) is 2.50. The molecule has 0 radical (unpaired) electrons. The third-order valence-electron chi connectivity index (χ3n) is 3.29. The molecule has 110 valence electrons. The Morgan fingerprint density at radius 3 is 2.45 bits per heavy atom. The molecule has 1 rings (SSSR count). The van der Waals surface area contributed by atoms with Crippen LogP contribution in [-0.2, 0) is 19.7 Å². The lowest BCUT2D eigenvalue weighted by atomic mass is 9.77. The van der Waals surface area contributed by atoms with Gasteiger partial charge in [-0.2, -0.15) is 0 Å². The van der Waals surface area contributed by atoms with E-state index in [1.54, 1.807) is 19.1 Å². The Morgan fingerprint density at radius 2 is 1.90 bits per heavy atom. The molecule has 1 aromatic carbocycles. The van der Waals surface area contributed by atoms with Crippen molar-refractivity contribution in [2.24, 2.45) is 0 Å². The van der Waals surface area contributed by atoms with Gasteiger partial charge in [0.25, 0.3) is 0 Å². The first-order chi connectivity index (χ1) is 9.57. The van der Waals surface area contributed by atoms with Gasteiger partial charge in [-0.05, 0) is 25.3 Å². The molecular formula is C16H21ClO3. The molecule has 1 unspecified atom stereocenters. The van der Waals surface area contributed by atoms with E-state index in [-0.39, 0.29) is 12.2 Å². The molecule has 0 spiro atoms. The van der Waals surface area contributed by atoms with E-state index in [0.717, 1.165) is 6.42 Å². The van der Waals surface area contributed by atoms with Crippen LogP contribution < -0.4 is 0 Å². The molecule has 1 atom stereocenters. The predicted octanol–water partition coefficient (Wildman–Crippen LogP) is 3.49. The molecule has 0 saturated carbocycles. The lowest BCUT2D eigenvalue weighted by molar-refractivity contribution is -0.154. The molecule has 0 bridgehead atoms. The highest BCUT2D eigenvalue weighted by Gasteiger charge is 2.43. The summed E-state index contributed by atoms with van der Waals surface area (Å²) < 4.78 is 5.22. The quantitative estimate of drug-likeness (QED) is 0.419. The Hall–Kier alpha value is -1.35. The van der Waals surface area contributed by atoms with Crippen LogP contribution in [0.3, 0.4) is 0 Å². The van der Waals surface area contributed by atoms with Gasteiger partial charge in [-0.1, -0.05) is 37.3 Å². The highest BCUT2D eigenvalue weighted by molar-refractivity contribution is 6.18. The van der Waals surface area contributed by atoms with Gasteiger partial charge in [0.05, 0.1) is 6.61 Å². The van der Waals surface area contributed by atoms with Gasteiger partial charge in [0.2, 0.25) is 0 Å². The largest absolute Gasteiger partial charge is 0.465 e. The minimum atomic E-state index is -1.25. The van der Waals surface area contributed by atoms with Crippen LogP contribution >= 0.6 is 11.6 Å². The van der Waals surface area contributed by atoms with Gasteiger partial charge >= 0.3 is 5.97 Å². The van der Waals surface area contributed by atoms with Gasteiger partial charge in [0.15, 0.2) is 5.78 Å². The number of ether oxygens (including phenoxy) is 1. The van der Waals surface area contributed by atoms with Gasteiger partial charge in [-0.25, -0.2) is 0 Å². The first-order valence-electron chi connectivity index (χ1n) is 6.89.